The minimum atomic E-state index is -0.625. The zero-order chi connectivity index (χ0) is 15.1. The van der Waals surface area contributed by atoms with E-state index in [0.29, 0.717) is 6.54 Å². The molecule has 1 amide bonds. The number of amides is 1. The molecule has 20 heavy (non-hydrogen) atoms. The van der Waals surface area contributed by atoms with Crippen LogP contribution in [0.15, 0.2) is 18.2 Å². The van der Waals surface area contributed by atoms with Crippen LogP contribution in [0.25, 0.3) is 0 Å². The number of hydrogen-bond acceptors (Lipinski definition) is 4. The third kappa shape index (κ3) is 4.31. The Hall–Kier alpha value is -1.95. The van der Waals surface area contributed by atoms with Crippen molar-refractivity contribution in [2.24, 2.45) is 5.92 Å². The van der Waals surface area contributed by atoms with E-state index in [9.17, 15) is 14.0 Å². The number of halogens is 1. The van der Waals surface area contributed by atoms with Gasteiger partial charge in [0.2, 0.25) is 5.91 Å². The molecule has 0 aliphatic rings. The summed E-state index contributed by atoms with van der Waals surface area (Å²) in [6, 6.07) is 3.53. The molecule has 0 aromatic heterocycles. The summed E-state index contributed by atoms with van der Waals surface area (Å²) < 4.78 is 17.9. The number of carbonyl (C=O) groups is 2. The van der Waals surface area contributed by atoms with Crippen LogP contribution in [-0.2, 0) is 9.53 Å². The smallest absolute Gasteiger partial charge is 0.339 e. The summed E-state index contributed by atoms with van der Waals surface area (Å²) in [5.74, 6) is -1.75. The third-order valence-corrected chi connectivity index (χ3v) is 2.79. The highest BCUT2D eigenvalue weighted by atomic mass is 19.1. The second kappa shape index (κ2) is 7.59. The number of benzene rings is 1. The van der Waals surface area contributed by atoms with Crippen molar-refractivity contribution in [2.75, 3.05) is 25.5 Å². The molecular weight excluding hydrogens is 263 g/mol. The fourth-order valence-electron chi connectivity index (χ4n) is 1.62. The lowest BCUT2D eigenvalue weighted by Crippen LogP contribution is -2.30. The number of esters is 1. The van der Waals surface area contributed by atoms with Crippen LogP contribution in [0.5, 0.6) is 0 Å². The number of ether oxygens (including phenoxy) is 1. The minimum absolute atomic E-state index is 0.116. The highest BCUT2D eigenvalue weighted by molar-refractivity contribution is 6.01. The average molecular weight is 282 g/mol. The van der Waals surface area contributed by atoms with E-state index in [1.165, 1.54) is 13.2 Å². The summed E-state index contributed by atoms with van der Waals surface area (Å²) in [7, 11) is 1.23. The number of rotatable bonds is 6. The van der Waals surface area contributed by atoms with Crippen LogP contribution < -0.4 is 10.6 Å². The largest absolute Gasteiger partial charge is 0.465 e. The van der Waals surface area contributed by atoms with Crippen LogP contribution in [0, 0.1) is 11.7 Å². The summed E-state index contributed by atoms with van der Waals surface area (Å²) in [6.07, 6.45) is 0. The topological polar surface area (TPSA) is 67.4 Å². The van der Waals surface area contributed by atoms with Gasteiger partial charge in [0.1, 0.15) is 5.82 Å². The standard InChI is InChI=1S/C14H19FN2O3/c1-4-16-8-9(2)13(18)17-12-7-10(15)5-6-11(12)14(19)20-3/h5-7,9,16H,4,8H2,1-3H3,(H,17,18). The molecule has 0 aliphatic heterocycles. The molecule has 6 heteroatoms. The monoisotopic (exact) mass is 282 g/mol. The molecule has 2 N–H and O–H groups in total. The first kappa shape index (κ1) is 16.1. The van der Waals surface area contributed by atoms with E-state index in [-0.39, 0.29) is 23.1 Å². The van der Waals surface area contributed by atoms with Crippen molar-refractivity contribution < 1.29 is 18.7 Å². The molecular formula is C14H19FN2O3. The molecule has 1 rings (SSSR count). The summed E-state index contributed by atoms with van der Waals surface area (Å²) in [5.41, 5.74) is 0.239. The second-order valence-corrected chi connectivity index (χ2v) is 4.38. The fourth-order valence-corrected chi connectivity index (χ4v) is 1.62. The Morgan fingerprint density at radius 1 is 1.40 bits per heavy atom. The van der Waals surface area contributed by atoms with E-state index in [1.807, 2.05) is 6.92 Å². The first-order valence-corrected chi connectivity index (χ1v) is 6.39. The Kier molecular flexibility index (Phi) is 6.11. The maximum atomic E-state index is 13.3. The highest BCUT2D eigenvalue weighted by Gasteiger charge is 2.18. The van der Waals surface area contributed by atoms with Crippen molar-refractivity contribution in [1.82, 2.24) is 5.32 Å². The Bertz CT molecular complexity index is 491. The molecule has 5 nitrogen and oxygen atoms in total. The SMILES string of the molecule is CCNCC(C)C(=O)Nc1cc(F)ccc1C(=O)OC. The van der Waals surface area contributed by atoms with Crippen molar-refractivity contribution in [3.05, 3.63) is 29.6 Å². The Labute approximate surface area is 117 Å². The molecule has 0 bridgehead atoms. The second-order valence-electron chi connectivity index (χ2n) is 4.38. The molecule has 0 saturated carbocycles. The Balaban J connectivity index is 2.87. The molecule has 1 atom stereocenters. The molecule has 0 aliphatic carbocycles. The highest BCUT2D eigenvalue weighted by Crippen LogP contribution is 2.19. The molecule has 0 fully saturated rings. The van der Waals surface area contributed by atoms with Crippen LogP contribution >= 0.6 is 0 Å². The van der Waals surface area contributed by atoms with Gasteiger partial charge in [-0.3, -0.25) is 4.79 Å². The summed E-state index contributed by atoms with van der Waals surface area (Å²) >= 11 is 0. The van der Waals surface area contributed by atoms with Crippen molar-refractivity contribution in [2.45, 2.75) is 13.8 Å². The van der Waals surface area contributed by atoms with Gasteiger partial charge in [-0.25, -0.2) is 9.18 Å². The van der Waals surface area contributed by atoms with E-state index >= 15 is 0 Å². The molecule has 0 heterocycles. The number of methoxy groups -OCH3 is 1. The fraction of sp³-hybridized carbons (Fsp3) is 0.429. The minimum Gasteiger partial charge on any atom is -0.465 e. The van der Waals surface area contributed by atoms with Gasteiger partial charge >= 0.3 is 5.97 Å². The number of hydrogen-bond donors (Lipinski definition) is 2. The average Bonchev–Trinajstić information content (AvgIpc) is 2.44. The van der Waals surface area contributed by atoms with Crippen molar-refractivity contribution in [3.63, 3.8) is 0 Å². The van der Waals surface area contributed by atoms with E-state index in [2.05, 4.69) is 15.4 Å². The maximum absolute atomic E-state index is 13.3. The number of anilines is 1. The number of carbonyl (C=O) groups excluding carboxylic acids is 2. The maximum Gasteiger partial charge on any atom is 0.339 e. The lowest BCUT2D eigenvalue weighted by molar-refractivity contribution is -0.119. The van der Waals surface area contributed by atoms with Gasteiger partial charge in [-0.1, -0.05) is 13.8 Å². The van der Waals surface area contributed by atoms with E-state index in [0.717, 1.165) is 18.7 Å². The van der Waals surface area contributed by atoms with Gasteiger partial charge in [-0.15, -0.1) is 0 Å². The quantitative estimate of drug-likeness (QED) is 0.781. The molecule has 1 aromatic carbocycles. The third-order valence-electron chi connectivity index (χ3n) is 2.79. The zero-order valence-corrected chi connectivity index (χ0v) is 11.8. The van der Waals surface area contributed by atoms with Crippen molar-refractivity contribution in [1.29, 1.82) is 0 Å². The first-order chi connectivity index (χ1) is 9.49. The summed E-state index contributed by atoms with van der Waals surface area (Å²) in [5, 5.41) is 5.60. The lowest BCUT2D eigenvalue weighted by Gasteiger charge is -2.14. The van der Waals surface area contributed by atoms with Gasteiger partial charge in [-0.2, -0.15) is 0 Å². The van der Waals surface area contributed by atoms with E-state index < -0.39 is 11.8 Å². The molecule has 110 valence electrons. The van der Waals surface area contributed by atoms with Gasteiger partial charge in [-0.05, 0) is 24.7 Å². The molecule has 0 spiro atoms. The van der Waals surface area contributed by atoms with Gasteiger partial charge in [0.25, 0.3) is 0 Å². The zero-order valence-electron chi connectivity index (χ0n) is 11.8. The first-order valence-electron chi connectivity index (χ1n) is 6.39. The normalized spacial score (nSPS) is 11.8. The predicted octanol–water partition coefficient (Wildman–Crippen LogP) is 1.80. The van der Waals surface area contributed by atoms with Gasteiger partial charge in [0.15, 0.2) is 0 Å². The van der Waals surface area contributed by atoms with Crippen LogP contribution in [0.2, 0.25) is 0 Å². The van der Waals surface area contributed by atoms with Gasteiger partial charge in [0.05, 0.1) is 18.4 Å². The molecule has 0 saturated heterocycles. The van der Waals surface area contributed by atoms with Gasteiger partial charge < -0.3 is 15.4 Å². The van der Waals surface area contributed by atoms with Crippen LogP contribution in [0.1, 0.15) is 24.2 Å². The van der Waals surface area contributed by atoms with Crippen LogP contribution in [-0.4, -0.2) is 32.1 Å². The van der Waals surface area contributed by atoms with Gasteiger partial charge in [0, 0.05) is 12.5 Å². The van der Waals surface area contributed by atoms with Crippen LogP contribution in [0.3, 0.4) is 0 Å². The molecule has 0 radical (unpaired) electrons. The Morgan fingerprint density at radius 3 is 2.70 bits per heavy atom. The van der Waals surface area contributed by atoms with Crippen molar-refractivity contribution in [3.8, 4) is 0 Å². The molecule has 1 aromatic rings. The molecule has 1 unspecified atom stereocenters. The van der Waals surface area contributed by atoms with E-state index in [1.54, 1.807) is 6.92 Å². The van der Waals surface area contributed by atoms with Crippen LogP contribution in [0.4, 0.5) is 10.1 Å². The number of nitrogens with one attached hydrogen (secondary N) is 2. The lowest BCUT2D eigenvalue weighted by atomic mass is 10.1. The predicted molar refractivity (Wildman–Crippen MR) is 74.1 cm³/mol. The van der Waals surface area contributed by atoms with E-state index in [4.69, 9.17) is 0 Å². The Morgan fingerprint density at radius 2 is 2.10 bits per heavy atom. The summed E-state index contributed by atoms with van der Waals surface area (Å²) in [4.78, 5) is 23.5. The van der Waals surface area contributed by atoms with Crippen molar-refractivity contribution >= 4 is 17.6 Å². The summed E-state index contributed by atoms with van der Waals surface area (Å²) in [6.45, 7) is 4.94.